The van der Waals surface area contributed by atoms with Gasteiger partial charge in [0.15, 0.2) is 0 Å². The highest BCUT2D eigenvalue weighted by Gasteiger charge is 2.20. The second-order valence-corrected chi connectivity index (χ2v) is 13.4. The number of halogens is 4. The van der Waals surface area contributed by atoms with Crippen LogP contribution in [0.15, 0.2) is 72.8 Å². The number of fused-ring (bicyclic) bond motifs is 2. The number of hydrogen-bond acceptors (Lipinski definition) is 7. The predicted molar refractivity (Wildman–Crippen MR) is 198 cm³/mol. The van der Waals surface area contributed by atoms with Crippen LogP contribution >= 0.6 is 11.6 Å². The molecule has 1 amide bonds. The smallest absolute Gasteiger partial charge is 0.280 e. The van der Waals surface area contributed by atoms with Crippen LogP contribution in [0.3, 0.4) is 0 Å². The molecule has 10 nitrogen and oxygen atoms in total. The van der Waals surface area contributed by atoms with Gasteiger partial charge in [0, 0.05) is 66.6 Å². The number of H-pyrrole nitrogens is 1. The lowest BCUT2D eigenvalue weighted by Crippen LogP contribution is -2.29. The normalized spacial score (nSPS) is 14.5. The highest BCUT2D eigenvalue weighted by molar-refractivity contribution is 6.30. The predicted octanol–water partition coefficient (Wildman–Crippen LogP) is 8.41. The highest BCUT2D eigenvalue weighted by atomic mass is 35.5. The zero-order valence-electron chi connectivity index (χ0n) is 29.1. The van der Waals surface area contributed by atoms with Crippen LogP contribution in [0, 0.1) is 12.7 Å². The number of benzene rings is 3. The Morgan fingerprint density at radius 3 is 2.62 bits per heavy atom. The van der Waals surface area contributed by atoms with Gasteiger partial charge in [-0.25, -0.2) is 23.1 Å². The largest absolute Gasteiger partial charge is 0.473 e. The topological polar surface area (TPSA) is 110 Å². The second kappa shape index (κ2) is 15.8. The maximum Gasteiger partial charge on any atom is 0.280 e. The fourth-order valence-corrected chi connectivity index (χ4v) is 6.33. The van der Waals surface area contributed by atoms with E-state index in [-0.39, 0.29) is 23.3 Å². The number of aromatic amines is 1. The van der Waals surface area contributed by atoms with Crippen LogP contribution in [-0.4, -0.2) is 61.8 Å². The molecule has 14 heteroatoms. The summed E-state index contributed by atoms with van der Waals surface area (Å²) < 4.78 is 53.6. The third-order valence-corrected chi connectivity index (χ3v) is 9.50. The van der Waals surface area contributed by atoms with Gasteiger partial charge in [0.25, 0.3) is 12.3 Å². The lowest BCUT2D eigenvalue weighted by atomic mass is 10.0. The zero-order valence-corrected chi connectivity index (χ0v) is 29.9. The molecule has 0 saturated carbocycles. The van der Waals surface area contributed by atoms with Gasteiger partial charge >= 0.3 is 0 Å². The van der Waals surface area contributed by atoms with Crippen LogP contribution in [0.1, 0.15) is 58.0 Å². The van der Waals surface area contributed by atoms with E-state index in [0.29, 0.717) is 46.3 Å². The van der Waals surface area contributed by atoms with Crippen LogP contribution in [0.2, 0.25) is 5.02 Å². The minimum atomic E-state index is -2.73. The first-order valence-corrected chi connectivity index (χ1v) is 17.6. The fraction of sp³-hybridized carbons (Fsp3) is 0.282. The summed E-state index contributed by atoms with van der Waals surface area (Å²) in [6.07, 6.45) is 1.48. The molecule has 8 rings (SSSR count). The molecular formula is C39H37ClF3N7O3. The van der Waals surface area contributed by atoms with Gasteiger partial charge in [0.05, 0.1) is 28.8 Å². The first-order valence-electron chi connectivity index (χ1n) is 17.2. The van der Waals surface area contributed by atoms with E-state index in [4.69, 9.17) is 26.1 Å². The first-order chi connectivity index (χ1) is 25.6. The Morgan fingerprint density at radius 1 is 1.09 bits per heavy atom. The molecule has 1 fully saturated rings. The van der Waals surface area contributed by atoms with Gasteiger partial charge in [-0.15, -0.1) is 0 Å². The first kappa shape index (κ1) is 36.1. The molecule has 0 atom stereocenters. The molecule has 53 heavy (non-hydrogen) atoms. The number of ether oxygens (including phenoxy) is 2. The molecule has 274 valence electrons. The van der Waals surface area contributed by atoms with Gasteiger partial charge in [0.1, 0.15) is 23.9 Å². The minimum Gasteiger partial charge on any atom is -0.473 e. The minimum absolute atomic E-state index is 0.0461. The van der Waals surface area contributed by atoms with E-state index in [1.165, 1.54) is 18.6 Å². The summed E-state index contributed by atoms with van der Waals surface area (Å²) in [5.74, 6) is 0.454. The lowest BCUT2D eigenvalue weighted by Gasteiger charge is -2.25. The van der Waals surface area contributed by atoms with Crippen molar-refractivity contribution in [3.8, 4) is 5.88 Å². The van der Waals surface area contributed by atoms with Crippen LogP contribution in [0.4, 0.5) is 18.9 Å². The lowest BCUT2D eigenvalue weighted by molar-refractivity contribution is 0.0367. The molecular weight excluding hydrogens is 707 g/mol. The quantitative estimate of drug-likeness (QED) is 0.153. The summed E-state index contributed by atoms with van der Waals surface area (Å²) in [4.78, 5) is 24.9. The molecule has 0 aliphatic carbocycles. The summed E-state index contributed by atoms with van der Waals surface area (Å²) >= 11 is 5.85. The summed E-state index contributed by atoms with van der Waals surface area (Å²) in [5.41, 5.74) is 5.50. The Balaban J connectivity index is 0.00000102. The number of aromatic nitrogens is 5. The van der Waals surface area contributed by atoms with Crippen LogP contribution in [-0.2, 0) is 24.9 Å². The van der Waals surface area contributed by atoms with E-state index in [0.717, 1.165) is 54.3 Å². The van der Waals surface area contributed by atoms with E-state index in [2.05, 4.69) is 31.5 Å². The molecule has 0 bridgehead atoms. The average Bonchev–Trinajstić information content (AvgIpc) is 3.68. The van der Waals surface area contributed by atoms with Crippen molar-refractivity contribution in [2.45, 2.75) is 39.3 Å². The molecule has 1 saturated heterocycles. The van der Waals surface area contributed by atoms with Crippen LogP contribution in [0.5, 0.6) is 5.88 Å². The molecule has 0 unspecified atom stereocenters. The van der Waals surface area contributed by atoms with Crippen molar-refractivity contribution in [1.82, 2.24) is 29.6 Å². The fourth-order valence-electron chi connectivity index (χ4n) is 6.18. The molecule has 5 heterocycles. The molecule has 3 aromatic heterocycles. The van der Waals surface area contributed by atoms with Crippen molar-refractivity contribution in [1.29, 1.82) is 0 Å². The Hall–Kier alpha value is -5.24. The SMILES string of the molecule is C1COC1.Cc1cc(C(=O)Nc2ccc3c(c2)nc(CN2CC=C(c4cccc(OCc5ccc(Cl)cc5F)n4)CC2)n3C)cc2c(C(F)F)[nH]nc12. The van der Waals surface area contributed by atoms with E-state index >= 15 is 0 Å². The van der Waals surface area contributed by atoms with Gasteiger partial charge in [-0.05, 0) is 79.4 Å². The number of anilines is 1. The maximum absolute atomic E-state index is 14.2. The number of amides is 1. The Bertz CT molecular complexity index is 2320. The third kappa shape index (κ3) is 8.22. The number of imidazole rings is 1. The number of hydrogen-bond donors (Lipinski definition) is 2. The molecule has 3 aromatic carbocycles. The molecule has 2 aliphatic rings. The summed E-state index contributed by atoms with van der Waals surface area (Å²) in [7, 11) is 1.96. The number of nitrogens with one attached hydrogen (secondary N) is 2. The summed E-state index contributed by atoms with van der Waals surface area (Å²) in [6.45, 7) is 5.90. The van der Waals surface area contributed by atoms with Crippen LogP contribution < -0.4 is 10.1 Å². The van der Waals surface area contributed by atoms with Gasteiger partial charge in [-0.3, -0.25) is 14.8 Å². The van der Waals surface area contributed by atoms with Crippen LogP contribution in [0.25, 0.3) is 27.5 Å². The van der Waals surface area contributed by atoms with Crippen molar-refractivity contribution >= 4 is 50.7 Å². The van der Waals surface area contributed by atoms with E-state index < -0.39 is 18.1 Å². The van der Waals surface area contributed by atoms with Crippen molar-refractivity contribution in [2.75, 3.05) is 31.6 Å². The molecule has 6 aromatic rings. The van der Waals surface area contributed by atoms with Crippen molar-refractivity contribution < 1.29 is 27.4 Å². The highest BCUT2D eigenvalue weighted by Crippen LogP contribution is 2.30. The third-order valence-electron chi connectivity index (χ3n) is 9.27. The van der Waals surface area contributed by atoms with Crippen molar-refractivity contribution in [2.24, 2.45) is 7.05 Å². The maximum atomic E-state index is 14.2. The zero-order chi connectivity index (χ0) is 37.1. The Kier molecular flexibility index (Phi) is 10.8. The summed E-state index contributed by atoms with van der Waals surface area (Å²) in [6, 6.07) is 18.6. The van der Waals surface area contributed by atoms with E-state index in [1.807, 2.05) is 29.8 Å². The van der Waals surface area contributed by atoms with Gasteiger partial charge < -0.3 is 19.4 Å². The number of carbonyl (C=O) groups is 1. The number of pyridine rings is 1. The van der Waals surface area contributed by atoms with Gasteiger partial charge in [-0.2, -0.15) is 5.10 Å². The summed E-state index contributed by atoms with van der Waals surface area (Å²) in [5, 5.41) is 9.80. The Morgan fingerprint density at radius 2 is 1.91 bits per heavy atom. The molecule has 2 aliphatic heterocycles. The molecule has 2 N–H and O–H groups in total. The standard InChI is InChI=1S/C36H31ClF3N7O2.C3H6O/c1-20-14-23(15-26-33(20)44-45-34(26)35(39)40)36(48)41-25-8-9-30-29(17-25)42-31(46(30)2)18-47-12-10-21(11-13-47)28-4-3-5-32(43-28)49-19-22-6-7-24(37)16-27(22)38;1-2-4-3-1/h3-10,14-17,35H,11-13,18-19H2,1-2H3,(H,41,48)(H,44,45);1-3H2. The monoisotopic (exact) mass is 743 g/mol. The number of aryl methyl sites for hydroxylation is 2. The number of nitrogens with zero attached hydrogens (tertiary/aromatic N) is 5. The number of rotatable bonds is 9. The van der Waals surface area contributed by atoms with Crippen molar-refractivity contribution in [3.63, 3.8) is 0 Å². The van der Waals surface area contributed by atoms with Gasteiger partial charge in [0.2, 0.25) is 5.88 Å². The number of alkyl halides is 2. The molecule has 0 radical (unpaired) electrons. The molecule has 0 spiro atoms. The number of carbonyl (C=O) groups excluding carboxylic acids is 1. The van der Waals surface area contributed by atoms with E-state index in [9.17, 15) is 18.0 Å². The second-order valence-electron chi connectivity index (χ2n) is 12.9. The average molecular weight is 744 g/mol. The Labute approximate surface area is 308 Å². The van der Waals surface area contributed by atoms with Gasteiger partial charge in [-0.1, -0.05) is 29.8 Å². The van der Waals surface area contributed by atoms with E-state index in [1.54, 1.807) is 43.3 Å². The van der Waals surface area contributed by atoms with Crippen molar-refractivity contribution in [3.05, 3.63) is 118 Å².